The lowest BCUT2D eigenvalue weighted by atomic mass is 9.61. The minimum atomic E-state index is -0.227. The van der Waals surface area contributed by atoms with Crippen LogP contribution < -0.4 is 0 Å². The van der Waals surface area contributed by atoms with Gasteiger partial charge in [0.25, 0.3) is 0 Å². The molecular formula is C12H24S3. The van der Waals surface area contributed by atoms with Crippen LogP contribution in [0.15, 0.2) is 0 Å². The van der Waals surface area contributed by atoms with E-state index in [0.29, 0.717) is 5.41 Å². The zero-order valence-electron chi connectivity index (χ0n) is 10.1. The van der Waals surface area contributed by atoms with Crippen molar-refractivity contribution in [3.8, 4) is 0 Å². The van der Waals surface area contributed by atoms with Gasteiger partial charge in [-0.2, -0.15) is 37.9 Å². The van der Waals surface area contributed by atoms with Crippen LogP contribution in [-0.2, 0) is 0 Å². The summed E-state index contributed by atoms with van der Waals surface area (Å²) in [5, 5.41) is 0. The number of rotatable bonds is 3. The molecule has 1 atom stereocenters. The molecule has 0 saturated heterocycles. The van der Waals surface area contributed by atoms with Crippen molar-refractivity contribution in [2.45, 2.75) is 68.1 Å². The van der Waals surface area contributed by atoms with Gasteiger partial charge in [-0.05, 0) is 37.5 Å². The van der Waals surface area contributed by atoms with Gasteiger partial charge in [0.15, 0.2) is 0 Å². The summed E-state index contributed by atoms with van der Waals surface area (Å²) in [5.74, 6) is 0. The van der Waals surface area contributed by atoms with Crippen LogP contribution >= 0.6 is 37.9 Å². The van der Waals surface area contributed by atoms with Gasteiger partial charge in [0.1, 0.15) is 0 Å². The Morgan fingerprint density at radius 3 is 1.73 bits per heavy atom. The molecule has 0 aromatic heterocycles. The Morgan fingerprint density at radius 2 is 1.40 bits per heavy atom. The third kappa shape index (κ3) is 1.97. The van der Waals surface area contributed by atoms with Crippen molar-refractivity contribution in [1.29, 1.82) is 0 Å². The van der Waals surface area contributed by atoms with Crippen molar-refractivity contribution >= 4 is 37.9 Å². The molecule has 0 aromatic carbocycles. The minimum absolute atomic E-state index is 0.0476. The first-order valence-corrected chi connectivity index (χ1v) is 7.40. The van der Waals surface area contributed by atoms with Crippen LogP contribution in [0.3, 0.4) is 0 Å². The van der Waals surface area contributed by atoms with Crippen LogP contribution in [0.2, 0.25) is 0 Å². The van der Waals surface area contributed by atoms with E-state index in [4.69, 9.17) is 37.9 Å². The van der Waals surface area contributed by atoms with Gasteiger partial charge in [0.2, 0.25) is 0 Å². The lowest BCUT2D eigenvalue weighted by Crippen LogP contribution is -2.57. The van der Waals surface area contributed by atoms with E-state index in [1.54, 1.807) is 0 Å². The van der Waals surface area contributed by atoms with E-state index in [1.807, 2.05) is 0 Å². The molecule has 90 valence electrons. The van der Waals surface area contributed by atoms with Crippen molar-refractivity contribution in [3.05, 3.63) is 0 Å². The third-order valence-electron chi connectivity index (χ3n) is 4.59. The molecular weight excluding hydrogens is 240 g/mol. The SMILES string of the molecule is CCC1(CC)CCCC(S)(S)C1(S)CC. The highest BCUT2D eigenvalue weighted by Gasteiger charge is 2.57. The summed E-state index contributed by atoms with van der Waals surface area (Å²) in [6.07, 6.45) is 6.99. The average molecular weight is 265 g/mol. The Bertz CT molecular complexity index is 221. The highest BCUT2D eigenvalue weighted by molar-refractivity contribution is 8.02. The summed E-state index contributed by atoms with van der Waals surface area (Å²) in [6.45, 7) is 6.79. The Morgan fingerprint density at radius 1 is 0.867 bits per heavy atom. The number of thiol groups is 3. The van der Waals surface area contributed by atoms with E-state index in [1.165, 1.54) is 25.7 Å². The molecule has 0 bridgehead atoms. The second kappa shape index (κ2) is 4.73. The summed E-state index contributed by atoms with van der Waals surface area (Å²) in [5.41, 5.74) is 0.312. The van der Waals surface area contributed by atoms with Gasteiger partial charge in [-0.25, -0.2) is 0 Å². The van der Waals surface area contributed by atoms with Crippen LogP contribution in [0.4, 0.5) is 0 Å². The topological polar surface area (TPSA) is 0 Å². The molecule has 0 spiro atoms. The molecule has 0 heterocycles. The highest BCUT2D eigenvalue weighted by Crippen LogP contribution is 2.62. The Balaban J connectivity index is 3.15. The maximum Gasteiger partial charge on any atom is 0.0700 e. The van der Waals surface area contributed by atoms with Crippen molar-refractivity contribution in [2.75, 3.05) is 0 Å². The second-order valence-electron chi connectivity index (χ2n) is 4.87. The van der Waals surface area contributed by atoms with Crippen LogP contribution in [0.1, 0.15) is 59.3 Å². The third-order valence-corrected chi connectivity index (χ3v) is 7.32. The van der Waals surface area contributed by atoms with E-state index >= 15 is 0 Å². The van der Waals surface area contributed by atoms with Gasteiger partial charge in [-0.3, -0.25) is 0 Å². The van der Waals surface area contributed by atoms with Crippen molar-refractivity contribution < 1.29 is 0 Å². The molecule has 1 saturated carbocycles. The minimum Gasteiger partial charge on any atom is -0.170 e. The average Bonchev–Trinajstić information content (AvgIpc) is 2.22. The molecule has 0 radical (unpaired) electrons. The van der Waals surface area contributed by atoms with E-state index in [2.05, 4.69) is 20.8 Å². The monoisotopic (exact) mass is 264 g/mol. The van der Waals surface area contributed by atoms with E-state index in [-0.39, 0.29) is 8.83 Å². The number of hydrogen-bond acceptors (Lipinski definition) is 3. The van der Waals surface area contributed by atoms with E-state index < -0.39 is 0 Å². The molecule has 1 fully saturated rings. The van der Waals surface area contributed by atoms with Crippen molar-refractivity contribution in [3.63, 3.8) is 0 Å². The Labute approximate surface area is 111 Å². The van der Waals surface area contributed by atoms with Crippen LogP contribution in [0.5, 0.6) is 0 Å². The largest absolute Gasteiger partial charge is 0.170 e. The summed E-state index contributed by atoms with van der Waals surface area (Å²) in [6, 6.07) is 0. The fourth-order valence-corrected chi connectivity index (χ4v) is 5.00. The van der Waals surface area contributed by atoms with Gasteiger partial charge in [0, 0.05) is 4.75 Å². The predicted molar refractivity (Wildman–Crippen MR) is 79.6 cm³/mol. The second-order valence-corrected chi connectivity index (χ2v) is 7.51. The Kier molecular flexibility index (Phi) is 4.45. The van der Waals surface area contributed by atoms with Crippen molar-refractivity contribution in [2.24, 2.45) is 5.41 Å². The van der Waals surface area contributed by atoms with E-state index in [9.17, 15) is 0 Å². The molecule has 1 unspecified atom stereocenters. The summed E-state index contributed by atoms with van der Waals surface area (Å²) in [7, 11) is 0. The van der Waals surface area contributed by atoms with Crippen LogP contribution in [0, 0.1) is 5.41 Å². The smallest absolute Gasteiger partial charge is 0.0700 e. The first-order valence-electron chi connectivity index (χ1n) is 6.06. The first-order chi connectivity index (χ1) is 6.89. The predicted octanol–water partition coefficient (Wildman–Crippen LogP) is 4.61. The van der Waals surface area contributed by atoms with Gasteiger partial charge in [-0.1, -0.05) is 27.2 Å². The quantitative estimate of drug-likeness (QED) is 0.481. The number of hydrogen-bond donors (Lipinski definition) is 3. The molecule has 1 aliphatic carbocycles. The zero-order chi connectivity index (χ0) is 11.7. The van der Waals surface area contributed by atoms with Gasteiger partial charge in [-0.15, -0.1) is 0 Å². The summed E-state index contributed by atoms with van der Waals surface area (Å²) >= 11 is 14.6. The summed E-state index contributed by atoms with van der Waals surface area (Å²) < 4.78 is -0.275. The Hall–Kier alpha value is 1.05. The summed E-state index contributed by atoms with van der Waals surface area (Å²) in [4.78, 5) is 0. The molecule has 1 rings (SSSR count). The van der Waals surface area contributed by atoms with Crippen LogP contribution in [-0.4, -0.2) is 8.83 Å². The van der Waals surface area contributed by atoms with E-state index in [0.717, 1.165) is 12.8 Å². The van der Waals surface area contributed by atoms with Crippen molar-refractivity contribution in [1.82, 2.24) is 0 Å². The molecule has 0 amide bonds. The normalized spacial score (nSPS) is 34.0. The molecule has 1 aliphatic rings. The fraction of sp³-hybridized carbons (Fsp3) is 1.00. The van der Waals surface area contributed by atoms with Gasteiger partial charge >= 0.3 is 0 Å². The molecule has 0 nitrogen and oxygen atoms in total. The molecule has 3 heteroatoms. The van der Waals surface area contributed by atoms with Gasteiger partial charge < -0.3 is 0 Å². The lowest BCUT2D eigenvalue weighted by molar-refractivity contribution is 0.107. The maximum atomic E-state index is 5.02. The fourth-order valence-electron chi connectivity index (χ4n) is 3.36. The zero-order valence-corrected chi connectivity index (χ0v) is 12.8. The maximum absolute atomic E-state index is 5.02. The van der Waals surface area contributed by atoms with Gasteiger partial charge in [0.05, 0.1) is 4.08 Å². The standard InChI is InChI=1S/C12H24S3/c1-4-10(5-2)8-7-9-12(14,15)11(10,13)6-3/h13-15H,4-9H2,1-3H3. The highest BCUT2D eigenvalue weighted by atomic mass is 32.2. The molecule has 0 aliphatic heterocycles. The molecule has 0 N–H and O–H groups in total. The first kappa shape index (κ1) is 14.1. The van der Waals surface area contributed by atoms with Crippen LogP contribution in [0.25, 0.3) is 0 Å². The lowest BCUT2D eigenvalue weighted by Gasteiger charge is -2.58. The molecule has 15 heavy (non-hydrogen) atoms. The molecule has 0 aromatic rings.